The van der Waals surface area contributed by atoms with Gasteiger partial charge in [-0.3, -0.25) is 0 Å². The molecule has 1 N–H and O–H groups in total. The van der Waals surface area contributed by atoms with E-state index < -0.39 is 5.60 Å². The molecule has 1 aromatic carbocycles. The van der Waals surface area contributed by atoms with Crippen molar-refractivity contribution in [2.24, 2.45) is 17.8 Å². The lowest BCUT2D eigenvalue weighted by atomic mass is 9.69. The van der Waals surface area contributed by atoms with Gasteiger partial charge in [-0.25, -0.2) is 0 Å². The highest BCUT2D eigenvalue weighted by molar-refractivity contribution is 7.19. The molecule has 1 saturated carbocycles. The molecule has 2 heteroatoms. The fourth-order valence-corrected chi connectivity index (χ4v) is 5.03. The quantitative estimate of drug-likeness (QED) is 0.807. The Labute approximate surface area is 125 Å². The number of fused-ring (bicyclic) bond motifs is 1. The van der Waals surface area contributed by atoms with E-state index in [1.807, 2.05) is 6.92 Å². The molecule has 3 unspecified atom stereocenters. The van der Waals surface area contributed by atoms with Crippen LogP contribution in [0.25, 0.3) is 10.1 Å². The Morgan fingerprint density at radius 2 is 1.75 bits per heavy atom. The molecule has 1 aliphatic rings. The van der Waals surface area contributed by atoms with Crippen molar-refractivity contribution in [1.29, 1.82) is 0 Å². The lowest BCUT2D eigenvalue weighted by molar-refractivity contribution is -0.0357. The predicted molar refractivity (Wildman–Crippen MR) is 87.1 cm³/mol. The fraction of sp³-hybridized carbons (Fsp3) is 0.556. The van der Waals surface area contributed by atoms with Crippen molar-refractivity contribution >= 4 is 21.4 Å². The molecule has 1 nitrogen and oxygen atoms in total. The zero-order chi connectivity index (χ0) is 14.3. The highest BCUT2D eigenvalue weighted by atomic mass is 32.1. The molecule has 0 radical (unpaired) electrons. The van der Waals surface area contributed by atoms with E-state index in [1.165, 1.54) is 16.5 Å². The van der Waals surface area contributed by atoms with Gasteiger partial charge in [0.1, 0.15) is 0 Å². The van der Waals surface area contributed by atoms with Crippen molar-refractivity contribution in [3.63, 3.8) is 0 Å². The topological polar surface area (TPSA) is 20.2 Å². The van der Waals surface area contributed by atoms with Crippen LogP contribution >= 0.6 is 11.3 Å². The van der Waals surface area contributed by atoms with E-state index in [2.05, 4.69) is 44.2 Å². The molecule has 0 aliphatic heterocycles. The van der Waals surface area contributed by atoms with E-state index in [9.17, 15) is 5.11 Å². The molecule has 108 valence electrons. The molecule has 1 fully saturated rings. The standard InChI is InChI=1S/C18H24OS/c1-12-8-13(2)10-15(9-12)18(3,19)17-11-14-6-4-5-7-16(14)20-17/h4-7,11-13,15,19H,8-10H2,1-3H3. The number of hydrogen-bond donors (Lipinski definition) is 1. The summed E-state index contributed by atoms with van der Waals surface area (Å²) in [7, 11) is 0. The Morgan fingerprint density at radius 3 is 2.40 bits per heavy atom. The maximum Gasteiger partial charge on any atom is 0.0988 e. The maximum atomic E-state index is 11.2. The zero-order valence-electron chi connectivity index (χ0n) is 12.6. The van der Waals surface area contributed by atoms with Crippen LogP contribution in [0.1, 0.15) is 44.9 Å². The van der Waals surface area contributed by atoms with Crippen molar-refractivity contribution in [2.75, 3.05) is 0 Å². The van der Waals surface area contributed by atoms with Crippen LogP contribution in [0.15, 0.2) is 30.3 Å². The number of hydrogen-bond acceptors (Lipinski definition) is 2. The van der Waals surface area contributed by atoms with Crippen molar-refractivity contribution in [3.8, 4) is 0 Å². The molecule has 2 aromatic rings. The summed E-state index contributed by atoms with van der Waals surface area (Å²) in [5.41, 5.74) is -0.688. The van der Waals surface area contributed by atoms with Crippen LogP contribution in [0.3, 0.4) is 0 Å². The molecule has 0 bridgehead atoms. The predicted octanol–water partition coefficient (Wildman–Crippen LogP) is 5.18. The summed E-state index contributed by atoms with van der Waals surface area (Å²) in [6, 6.07) is 10.6. The molecule has 3 atom stereocenters. The molecule has 1 heterocycles. The van der Waals surface area contributed by atoms with Gasteiger partial charge < -0.3 is 5.11 Å². The van der Waals surface area contributed by atoms with E-state index in [4.69, 9.17) is 0 Å². The summed E-state index contributed by atoms with van der Waals surface area (Å²) < 4.78 is 1.28. The molecule has 1 aliphatic carbocycles. The van der Waals surface area contributed by atoms with Crippen LogP contribution in [0.4, 0.5) is 0 Å². The van der Waals surface area contributed by atoms with Gasteiger partial charge in [-0.15, -0.1) is 11.3 Å². The lowest BCUT2D eigenvalue weighted by Gasteiger charge is -2.40. The van der Waals surface area contributed by atoms with Crippen LogP contribution in [0.2, 0.25) is 0 Å². The Balaban J connectivity index is 1.93. The van der Waals surface area contributed by atoms with E-state index >= 15 is 0 Å². The first-order valence-electron chi connectivity index (χ1n) is 7.68. The van der Waals surface area contributed by atoms with E-state index in [1.54, 1.807) is 11.3 Å². The average Bonchev–Trinajstić information content (AvgIpc) is 2.82. The Kier molecular flexibility index (Phi) is 3.64. The number of benzene rings is 1. The first-order chi connectivity index (χ1) is 9.46. The second-order valence-corrected chi connectivity index (χ2v) is 7.99. The molecular weight excluding hydrogens is 264 g/mol. The van der Waals surface area contributed by atoms with Crippen LogP contribution < -0.4 is 0 Å². The van der Waals surface area contributed by atoms with Crippen molar-refractivity contribution in [3.05, 3.63) is 35.2 Å². The normalized spacial score (nSPS) is 30.3. The summed E-state index contributed by atoms with van der Waals surface area (Å²) in [5, 5.41) is 12.4. The average molecular weight is 288 g/mol. The van der Waals surface area contributed by atoms with Crippen LogP contribution in [-0.2, 0) is 5.60 Å². The van der Waals surface area contributed by atoms with Crippen LogP contribution in [-0.4, -0.2) is 5.11 Å². The summed E-state index contributed by atoms with van der Waals surface area (Å²) in [4.78, 5) is 1.13. The largest absolute Gasteiger partial charge is 0.384 e. The minimum Gasteiger partial charge on any atom is -0.384 e. The highest BCUT2D eigenvalue weighted by Gasteiger charge is 2.39. The van der Waals surface area contributed by atoms with Crippen LogP contribution in [0.5, 0.6) is 0 Å². The van der Waals surface area contributed by atoms with Crippen molar-refractivity contribution in [1.82, 2.24) is 0 Å². The number of aliphatic hydroxyl groups is 1. The molecule has 1 aromatic heterocycles. The highest BCUT2D eigenvalue weighted by Crippen LogP contribution is 2.45. The summed E-state index contributed by atoms with van der Waals surface area (Å²) in [5.74, 6) is 1.84. The third-order valence-corrected chi connectivity index (χ3v) is 6.24. The monoisotopic (exact) mass is 288 g/mol. The van der Waals surface area contributed by atoms with Gasteiger partial charge in [0.2, 0.25) is 0 Å². The summed E-state index contributed by atoms with van der Waals surface area (Å²) >= 11 is 1.75. The SMILES string of the molecule is CC1CC(C)CC(C(C)(O)c2cc3ccccc3s2)C1. The first kappa shape index (κ1) is 14.1. The zero-order valence-corrected chi connectivity index (χ0v) is 13.4. The second-order valence-electron chi connectivity index (χ2n) is 6.91. The minimum atomic E-state index is -0.688. The van der Waals surface area contributed by atoms with Crippen LogP contribution in [0, 0.1) is 17.8 Å². The van der Waals surface area contributed by atoms with Gasteiger partial charge >= 0.3 is 0 Å². The third-order valence-electron chi connectivity index (χ3n) is 4.90. The first-order valence-corrected chi connectivity index (χ1v) is 8.50. The Bertz CT molecular complexity index is 555. The molecule has 0 saturated heterocycles. The van der Waals surface area contributed by atoms with E-state index in [0.717, 1.165) is 29.6 Å². The van der Waals surface area contributed by atoms with Crippen molar-refractivity contribution < 1.29 is 5.11 Å². The Morgan fingerprint density at radius 1 is 1.10 bits per heavy atom. The fourth-order valence-electron chi connectivity index (χ4n) is 3.84. The lowest BCUT2D eigenvalue weighted by Crippen LogP contribution is -2.36. The van der Waals surface area contributed by atoms with Crippen molar-refractivity contribution in [2.45, 2.75) is 45.6 Å². The van der Waals surface area contributed by atoms with Gasteiger partial charge in [0.25, 0.3) is 0 Å². The summed E-state index contributed by atoms with van der Waals surface area (Å²) in [6.45, 7) is 6.67. The minimum absolute atomic E-state index is 0.384. The molecule has 0 amide bonds. The van der Waals surface area contributed by atoms with Gasteiger partial charge in [0.15, 0.2) is 0 Å². The molecule has 0 spiro atoms. The maximum absolute atomic E-state index is 11.2. The van der Waals surface area contributed by atoms with E-state index in [-0.39, 0.29) is 0 Å². The van der Waals surface area contributed by atoms with Gasteiger partial charge in [-0.05, 0) is 61.5 Å². The van der Waals surface area contributed by atoms with E-state index in [0.29, 0.717) is 5.92 Å². The number of thiophene rings is 1. The van der Waals surface area contributed by atoms with Gasteiger partial charge in [-0.2, -0.15) is 0 Å². The van der Waals surface area contributed by atoms with Gasteiger partial charge in [0, 0.05) is 9.58 Å². The summed E-state index contributed by atoms with van der Waals surface area (Å²) in [6.07, 6.45) is 3.59. The molecular formula is C18H24OS. The smallest absolute Gasteiger partial charge is 0.0988 e. The third kappa shape index (κ3) is 2.51. The second kappa shape index (κ2) is 5.16. The Hall–Kier alpha value is -0.860. The molecule has 3 rings (SSSR count). The van der Waals surface area contributed by atoms with Gasteiger partial charge in [0.05, 0.1) is 5.60 Å². The number of rotatable bonds is 2. The van der Waals surface area contributed by atoms with Gasteiger partial charge in [-0.1, -0.05) is 32.0 Å². The molecule has 20 heavy (non-hydrogen) atoms.